The lowest BCUT2D eigenvalue weighted by molar-refractivity contribution is -0.00600. The van der Waals surface area contributed by atoms with Crippen molar-refractivity contribution in [3.63, 3.8) is 0 Å². The molecule has 1 aromatic rings. The van der Waals surface area contributed by atoms with E-state index in [0.29, 0.717) is 23.0 Å². The van der Waals surface area contributed by atoms with Gasteiger partial charge in [0.25, 0.3) is 0 Å². The van der Waals surface area contributed by atoms with Gasteiger partial charge in [-0.1, -0.05) is 18.5 Å². The van der Waals surface area contributed by atoms with Gasteiger partial charge in [-0.3, -0.25) is 0 Å². The maximum Gasteiger partial charge on any atom is 0.322 e. The molecule has 0 radical (unpaired) electrons. The minimum Gasteiger partial charge on any atom is -0.365 e. The molecule has 3 aliphatic heterocycles. The molecule has 4 atom stereocenters. The number of hydrogen-bond acceptors (Lipinski definition) is 2. The van der Waals surface area contributed by atoms with Crippen LogP contribution in [0.3, 0.4) is 0 Å². The lowest BCUT2D eigenvalue weighted by atomic mass is 9.74. The van der Waals surface area contributed by atoms with Crippen LogP contribution >= 0.6 is 11.6 Å². The molecule has 1 aliphatic carbocycles. The maximum absolute atomic E-state index is 13.0. The first kappa shape index (κ1) is 16.0. The molecular formula is C18H23ClFN3O. The smallest absolute Gasteiger partial charge is 0.322 e. The van der Waals surface area contributed by atoms with Gasteiger partial charge in [0.15, 0.2) is 0 Å². The van der Waals surface area contributed by atoms with E-state index in [1.165, 1.54) is 0 Å². The van der Waals surface area contributed by atoms with Gasteiger partial charge in [-0.15, -0.1) is 0 Å². The van der Waals surface area contributed by atoms with Crippen LogP contribution in [0.2, 0.25) is 5.02 Å². The summed E-state index contributed by atoms with van der Waals surface area (Å²) in [6.07, 6.45) is 4.18. The lowest BCUT2D eigenvalue weighted by Gasteiger charge is -2.54. The number of fused-ring (bicyclic) bond motifs is 2. The van der Waals surface area contributed by atoms with Crippen LogP contribution in [0.15, 0.2) is 18.2 Å². The number of benzene rings is 1. The summed E-state index contributed by atoms with van der Waals surface area (Å²) in [7, 11) is 0. The van der Waals surface area contributed by atoms with E-state index in [4.69, 9.17) is 11.6 Å². The quantitative estimate of drug-likeness (QED) is 0.881. The number of amides is 2. The van der Waals surface area contributed by atoms with E-state index >= 15 is 0 Å². The predicted octanol–water partition coefficient (Wildman–Crippen LogP) is 4.29. The average molecular weight is 352 g/mol. The number of carbonyl (C=O) groups excluding carboxylic acids is 1. The second-order valence-electron chi connectivity index (χ2n) is 7.41. The molecule has 1 saturated carbocycles. The van der Waals surface area contributed by atoms with Gasteiger partial charge in [0.05, 0.1) is 16.8 Å². The Bertz CT molecular complexity index is 641. The topological polar surface area (TPSA) is 35.6 Å². The fraction of sp³-hybridized carbons (Fsp3) is 0.611. The number of rotatable bonds is 3. The first-order chi connectivity index (χ1) is 11.6. The lowest BCUT2D eigenvalue weighted by Crippen LogP contribution is -2.63. The first-order valence-electron chi connectivity index (χ1n) is 8.78. The van der Waals surface area contributed by atoms with Crippen LogP contribution < -0.4 is 10.2 Å². The van der Waals surface area contributed by atoms with Crippen molar-refractivity contribution in [2.75, 3.05) is 23.4 Å². The minimum absolute atomic E-state index is 0.0259. The molecule has 130 valence electrons. The number of anilines is 2. The Morgan fingerprint density at radius 1 is 1.33 bits per heavy atom. The summed E-state index contributed by atoms with van der Waals surface area (Å²) in [4.78, 5) is 16.6. The second-order valence-corrected chi connectivity index (χ2v) is 7.82. The Kier molecular flexibility index (Phi) is 4.07. The molecular weight excluding hydrogens is 329 g/mol. The third-order valence-corrected chi connectivity index (χ3v) is 6.06. The van der Waals surface area contributed by atoms with Crippen molar-refractivity contribution >= 4 is 29.0 Å². The van der Waals surface area contributed by atoms with Crippen molar-refractivity contribution in [2.24, 2.45) is 5.92 Å². The average Bonchev–Trinajstić information content (AvgIpc) is 2.49. The van der Waals surface area contributed by atoms with Crippen molar-refractivity contribution in [3.05, 3.63) is 23.2 Å². The Labute approximate surface area is 146 Å². The van der Waals surface area contributed by atoms with E-state index in [2.05, 4.69) is 12.2 Å². The van der Waals surface area contributed by atoms with Crippen molar-refractivity contribution in [2.45, 2.75) is 50.7 Å². The molecule has 5 rings (SSSR count). The third kappa shape index (κ3) is 2.63. The summed E-state index contributed by atoms with van der Waals surface area (Å²) in [5, 5.41) is 3.60. The number of nitrogens with zero attached hydrogens (tertiary/aromatic N) is 2. The van der Waals surface area contributed by atoms with Gasteiger partial charge in [0.2, 0.25) is 0 Å². The van der Waals surface area contributed by atoms with Crippen LogP contribution in [0, 0.1) is 5.92 Å². The maximum atomic E-state index is 13.0. The van der Waals surface area contributed by atoms with Crippen LogP contribution in [0.5, 0.6) is 0 Å². The highest BCUT2D eigenvalue weighted by molar-refractivity contribution is 6.33. The number of hydrogen-bond donors (Lipinski definition) is 1. The fourth-order valence-electron chi connectivity index (χ4n) is 4.39. The van der Waals surface area contributed by atoms with Gasteiger partial charge < -0.3 is 15.1 Å². The molecule has 4 aliphatic rings. The molecule has 2 unspecified atom stereocenters. The van der Waals surface area contributed by atoms with E-state index in [9.17, 15) is 9.18 Å². The molecule has 2 amide bonds. The number of piperidine rings is 1. The molecule has 4 fully saturated rings. The van der Waals surface area contributed by atoms with E-state index in [0.717, 1.165) is 43.6 Å². The summed E-state index contributed by atoms with van der Waals surface area (Å²) in [6, 6.07) is 6.10. The fourth-order valence-corrected chi connectivity index (χ4v) is 4.62. The number of urea groups is 1. The van der Waals surface area contributed by atoms with Gasteiger partial charge in [0, 0.05) is 24.3 Å². The normalized spacial score (nSPS) is 31.3. The van der Waals surface area contributed by atoms with Crippen LogP contribution in [-0.4, -0.2) is 42.3 Å². The zero-order valence-corrected chi connectivity index (χ0v) is 14.6. The van der Waals surface area contributed by atoms with Crippen molar-refractivity contribution in [1.29, 1.82) is 0 Å². The standard InChI is InChI=1S/C18H23ClFN3O/c1-11-6-14-9-15(7-11)23(14)18(24)21-12-2-3-16(19)17(8-12)22-5-4-13(22)10-20/h2-3,8,11,13-15H,4-7,9-10H2,1H3,(H,21,24)/t11?,13-,14+,15?/m0/s1. The Morgan fingerprint density at radius 3 is 2.71 bits per heavy atom. The first-order valence-corrected chi connectivity index (χ1v) is 9.16. The Morgan fingerprint density at radius 2 is 2.08 bits per heavy atom. The zero-order valence-electron chi connectivity index (χ0n) is 13.8. The van der Waals surface area contributed by atoms with Crippen LogP contribution in [0.25, 0.3) is 0 Å². The highest BCUT2D eigenvalue weighted by Crippen LogP contribution is 2.41. The van der Waals surface area contributed by atoms with Gasteiger partial charge in [-0.25, -0.2) is 9.18 Å². The van der Waals surface area contributed by atoms with E-state index < -0.39 is 0 Å². The van der Waals surface area contributed by atoms with Gasteiger partial charge >= 0.3 is 6.03 Å². The summed E-state index contributed by atoms with van der Waals surface area (Å²) < 4.78 is 13.0. The third-order valence-electron chi connectivity index (χ3n) is 5.74. The molecule has 6 heteroatoms. The van der Waals surface area contributed by atoms with E-state index in [1.807, 2.05) is 21.9 Å². The van der Waals surface area contributed by atoms with E-state index in [1.54, 1.807) is 6.07 Å². The molecule has 24 heavy (non-hydrogen) atoms. The summed E-state index contributed by atoms with van der Waals surface area (Å²) >= 11 is 6.27. The number of alkyl halides is 1. The number of carbonyl (C=O) groups is 1. The van der Waals surface area contributed by atoms with Crippen molar-refractivity contribution in [3.8, 4) is 0 Å². The largest absolute Gasteiger partial charge is 0.365 e. The summed E-state index contributed by atoms with van der Waals surface area (Å²) in [6.45, 7) is 2.69. The Balaban J connectivity index is 1.46. The van der Waals surface area contributed by atoms with Crippen LogP contribution in [-0.2, 0) is 0 Å². The minimum atomic E-state index is -0.373. The van der Waals surface area contributed by atoms with Gasteiger partial charge in [0.1, 0.15) is 6.67 Å². The van der Waals surface area contributed by atoms with Crippen molar-refractivity contribution in [1.82, 2.24) is 4.90 Å². The SMILES string of the molecule is CC1CC2C[C@@H](C1)N2C(=O)Nc1ccc(Cl)c(N2CC[C@H]2CF)c1. The van der Waals surface area contributed by atoms with Crippen LogP contribution in [0.4, 0.5) is 20.6 Å². The molecule has 0 spiro atoms. The monoisotopic (exact) mass is 351 g/mol. The molecule has 3 heterocycles. The highest BCUT2D eigenvalue weighted by Gasteiger charge is 2.46. The molecule has 1 N–H and O–H groups in total. The molecule has 2 bridgehead atoms. The van der Waals surface area contributed by atoms with Crippen LogP contribution in [0.1, 0.15) is 32.6 Å². The number of nitrogens with one attached hydrogen (secondary N) is 1. The molecule has 4 nitrogen and oxygen atoms in total. The molecule has 0 aromatic heterocycles. The Hall–Kier alpha value is -1.49. The number of halogens is 2. The highest BCUT2D eigenvalue weighted by atomic mass is 35.5. The second kappa shape index (κ2) is 6.10. The molecule has 3 saturated heterocycles. The van der Waals surface area contributed by atoms with Crippen molar-refractivity contribution < 1.29 is 9.18 Å². The predicted molar refractivity (Wildman–Crippen MR) is 94.6 cm³/mol. The van der Waals surface area contributed by atoms with E-state index in [-0.39, 0.29) is 18.7 Å². The zero-order chi connectivity index (χ0) is 16.8. The van der Waals surface area contributed by atoms with Gasteiger partial charge in [-0.05, 0) is 49.8 Å². The molecule has 1 aromatic carbocycles. The summed E-state index contributed by atoms with van der Waals surface area (Å²) in [5.41, 5.74) is 1.53. The summed E-state index contributed by atoms with van der Waals surface area (Å²) in [5.74, 6) is 0.712. The van der Waals surface area contributed by atoms with Gasteiger partial charge in [-0.2, -0.15) is 0 Å².